The molecule has 0 aliphatic carbocycles. The molecular formula is C16H16N2. The van der Waals surface area contributed by atoms with Crippen LogP contribution in [-0.4, -0.2) is 7.05 Å². The fourth-order valence-electron chi connectivity index (χ4n) is 1.86. The van der Waals surface area contributed by atoms with Crippen LogP contribution in [0.2, 0.25) is 0 Å². The van der Waals surface area contributed by atoms with Gasteiger partial charge in [0.1, 0.15) is 0 Å². The molecule has 0 saturated carbocycles. The topological polar surface area (TPSA) is 27.0 Å². The Morgan fingerprint density at radius 3 is 1.89 bits per heavy atom. The van der Waals surface area contributed by atoms with E-state index in [1.54, 1.807) is 0 Å². The van der Waals surface area contributed by atoms with E-state index in [2.05, 4.69) is 42.2 Å². The third kappa shape index (κ3) is 2.52. The molecule has 0 saturated heterocycles. The minimum absolute atomic E-state index is 0.688. The monoisotopic (exact) mass is 236 g/mol. The molecule has 0 fully saturated rings. The third-order valence-electron chi connectivity index (χ3n) is 3.12. The van der Waals surface area contributed by atoms with Gasteiger partial charge in [0, 0.05) is 18.4 Å². The van der Waals surface area contributed by atoms with Crippen molar-refractivity contribution in [3.8, 4) is 6.07 Å². The summed E-state index contributed by atoms with van der Waals surface area (Å²) in [6.45, 7) is 2.15. The second-order valence-corrected chi connectivity index (χ2v) is 4.24. The lowest BCUT2D eigenvalue weighted by atomic mass is 10.1. The van der Waals surface area contributed by atoms with Gasteiger partial charge in [-0.3, -0.25) is 0 Å². The molecule has 0 aliphatic rings. The zero-order chi connectivity index (χ0) is 13.0. The molecule has 0 radical (unpaired) electrons. The molecule has 0 bridgehead atoms. The molecule has 0 heterocycles. The highest BCUT2D eigenvalue weighted by atomic mass is 15.1. The summed E-state index contributed by atoms with van der Waals surface area (Å²) in [7, 11) is 2.03. The van der Waals surface area contributed by atoms with Gasteiger partial charge in [-0.25, -0.2) is 0 Å². The highest BCUT2D eigenvalue weighted by Gasteiger charge is 2.03. The van der Waals surface area contributed by atoms with Crippen LogP contribution in [-0.2, 0) is 6.42 Å². The Morgan fingerprint density at radius 2 is 1.44 bits per heavy atom. The second-order valence-electron chi connectivity index (χ2n) is 4.24. The van der Waals surface area contributed by atoms with E-state index < -0.39 is 0 Å². The Balaban J connectivity index is 2.23. The predicted molar refractivity (Wildman–Crippen MR) is 75.0 cm³/mol. The summed E-state index contributed by atoms with van der Waals surface area (Å²) >= 11 is 0. The molecule has 0 amide bonds. The van der Waals surface area contributed by atoms with Crippen molar-refractivity contribution in [1.82, 2.24) is 0 Å². The predicted octanol–water partition coefficient (Wildman–Crippen LogP) is 3.89. The molecular weight excluding hydrogens is 220 g/mol. The van der Waals surface area contributed by atoms with E-state index in [0.717, 1.165) is 17.8 Å². The number of aryl methyl sites for hydroxylation is 1. The minimum atomic E-state index is 0.688. The van der Waals surface area contributed by atoms with Crippen molar-refractivity contribution < 1.29 is 0 Å². The lowest BCUT2D eigenvalue weighted by Gasteiger charge is -2.19. The van der Waals surface area contributed by atoms with Crippen molar-refractivity contribution in [2.45, 2.75) is 13.3 Å². The van der Waals surface area contributed by atoms with Crippen molar-refractivity contribution in [1.29, 1.82) is 5.26 Å². The Hall–Kier alpha value is -2.27. The Bertz CT molecular complexity index is 547. The van der Waals surface area contributed by atoms with Crippen molar-refractivity contribution in [2.75, 3.05) is 11.9 Å². The van der Waals surface area contributed by atoms with Crippen LogP contribution >= 0.6 is 0 Å². The average Bonchev–Trinajstić information content (AvgIpc) is 2.47. The summed E-state index contributed by atoms with van der Waals surface area (Å²) in [5.41, 5.74) is 4.26. The molecule has 0 spiro atoms. The molecule has 18 heavy (non-hydrogen) atoms. The maximum atomic E-state index is 8.78. The normalized spacial score (nSPS) is 9.83. The number of hydrogen-bond acceptors (Lipinski definition) is 2. The zero-order valence-corrected chi connectivity index (χ0v) is 10.7. The van der Waals surface area contributed by atoms with Crippen molar-refractivity contribution in [3.63, 3.8) is 0 Å². The number of hydrogen-bond donors (Lipinski definition) is 0. The summed E-state index contributed by atoms with van der Waals surface area (Å²) in [4.78, 5) is 2.11. The van der Waals surface area contributed by atoms with E-state index in [4.69, 9.17) is 5.26 Å². The van der Waals surface area contributed by atoms with E-state index in [9.17, 15) is 0 Å². The molecule has 0 aromatic heterocycles. The van der Waals surface area contributed by atoms with Crippen molar-refractivity contribution >= 4 is 11.4 Å². The van der Waals surface area contributed by atoms with Gasteiger partial charge in [-0.15, -0.1) is 0 Å². The van der Waals surface area contributed by atoms with Crippen LogP contribution in [0.4, 0.5) is 11.4 Å². The van der Waals surface area contributed by atoms with Gasteiger partial charge >= 0.3 is 0 Å². The first-order chi connectivity index (χ1) is 8.74. The quantitative estimate of drug-likeness (QED) is 0.808. The van der Waals surface area contributed by atoms with Crippen LogP contribution in [0.1, 0.15) is 18.1 Å². The number of rotatable bonds is 3. The minimum Gasteiger partial charge on any atom is -0.345 e. The molecule has 2 nitrogen and oxygen atoms in total. The standard InChI is InChI=1S/C16H16N2/c1-3-13-4-8-15(9-5-13)18(2)16-10-6-14(12-17)7-11-16/h4-11H,3H2,1-2H3. The largest absolute Gasteiger partial charge is 0.345 e. The lowest BCUT2D eigenvalue weighted by Crippen LogP contribution is -2.09. The van der Waals surface area contributed by atoms with Gasteiger partial charge in [0.05, 0.1) is 11.6 Å². The lowest BCUT2D eigenvalue weighted by molar-refractivity contribution is 1.13. The van der Waals surface area contributed by atoms with Crippen molar-refractivity contribution in [2.24, 2.45) is 0 Å². The fourth-order valence-corrected chi connectivity index (χ4v) is 1.86. The van der Waals surface area contributed by atoms with Gasteiger partial charge in [0.2, 0.25) is 0 Å². The van der Waals surface area contributed by atoms with Crippen LogP contribution in [0.25, 0.3) is 0 Å². The second kappa shape index (κ2) is 5.37. The van der Waals surface area contributed by atoms with Gasteiger partial charge in [-0.05, 0) is 48.4 Å². The highest BCUT2D eigenvalue weighted by Crippen LogP contribution is 2.24. The van der Waals surface area contributed by atoms with Crippen LogP contribution < -0.4 is 4.90 Å². The molecule has 0 N–H and O–H groups in total. The maximum absolute atomic E-state index is 8.78. The zero-order valence-electron chi connectivity index (χ0n) is 10.7. The average molecular weight is 236 g/mol. The molecule has 0 unspecified atom stereocenters. The molecule has 2 aromatic carbocycles. The Morgan fingerprint density at radius 1 is 0.944 bits per heavy atom. The van der Waals surface area contributed by atoms with Gasteiger partial charge in [-0.2, -0.15) is 5.26 Å². The van der Waals surface area contributed by atoms with E-state index in [-0.39, 0.29) is 0 Å². The molecule has 0 atom stereocenters. The van der Waals surface area contributed by atoms with E-state index in [1.807, 2.05) is 31.3 Å². The summed E-state index contributed by atoms with van der Waals surface area (Å²) < 4.78 is 0. The molecule has 2 rings (SSSR count). The Labute approximate surface area is 108 Å². The van der Waals surface area contributed by atoms with E-state index >= 15 is 0 Å². The highest BCUT2D eigenvalue weighted by molar-refractivity contribution is 5.63. The SMILES string of the molecule is CCc1ccc(N(C)c2ccc(C#N)cc2)cc1. The first-order valence-electron chi connectivity index (χ1n) is 6.07. The van der Waals surface area contributed by atoms with Gasteiger partial charge in [0.25, 0.3) is 0 Å². The van der Waals surface area contributed by atoms with Gasteiger partial charge < -0.3 is 4.90 Å². The summed E-state index contributed by atoms with van der Waals surface area (Å²) in [6, 6.07) is 18.3. The maximum Gasteiger partial charge on any atom is 0.0991 e. The third-order valence-corrected chi connectivity index (χ3v) is 3.12. The molecule has 90 valence electrons. The van der Waals surface area contributed by atoms with E-state index in [0.29, 0.717) is 5.56 Å². The first-order valence-corrected chi connectivity index (χ1v) is 6.07. The number of benzene rings is 2. The van der Waals surface area contributed by atoms with Gasteiger partial charge in [-0.1, -0.05) is 19.1 Å². The van der Waals surface area contributed by atoms with Crippen LogP contribution in [0.3, 0.4) is 0 Å². The molecule has 2 aromatic rings. The molecule has 2 heteroatoms. The summed E-state index contributed by atoms with van der Waals surface area (Å²) in [5, 5.41) is 8.78. The number of nitriles is 1. The van der Waals surface area contributed by atoms with Crippen LogP contribution in [0, 0.1) is 11.3 Å². The summed E-state index contributed by atoms with van der Waals surface area (Å²) in [6.07, 6.45) is 1.06. The van der Waals surface area contributed by atoms with Crippen LogP contribution in [0.5, 0.6) is 0 Å². The smallest absolute Gasteiger partial charge is 0.0991 e. The summed E-state index contributed by atoms with van der Waals surface area (Å²) in [5.74, 6) is 0. The first kappa shape index (κ1) is 12.2. The van der Waals surface area contributed by atoms with E-state index in [1.165, 1.54) is 5.56 Å². The van der Waals surface area contributed by atoms with Gasteiger partial charge in [0.15, 0.2) is 0 Å². The van der Waals surface area contributed by atoms with Crippen molar-refractivity contribution in [3.05, 3.63) is 59.7 Å². The number of anilines is 2. The number of nitrogens with zero attached hydrogens (tertiary/aromatic N) is 2. The molecule has 0 aliphatic heterocycles. The fraction of sp³-hybridized carbons (Fsp3) is 0.188. The van der Waals surface area contributed by atoms with Crippen LogP contribution in [0.15, 0.2) is 48.5 Å². The Kier molecular flexibility index (Phi) is 3.64.